The Morgan fingerprint density at radius 2 is 2.05 bits per heavy atom. The fourth-order valence-electron chi connectivity index (χ4n) is 2.54. The SMILES string of the molecule is C[C@@H]1CCCC[C@@H]1NC(=S)N/N=C\c1ccc(C#N)cc1. The van der Waals surface area contributed by atoms with Gasteiger partial charge in [-0.05, 0) is 48.7 Å². The summed E-state index contributed by atoms with van der Waals surface area (Å²) >= 11 is 5.26. The average molecular weight is 300 g/mol. The summed E-state index contributed by atoms with van der Waals surface area (Å²) in [6.07, 6.45) is 6.70. The highest BCUT2D eigenvalue weighted by Gasteiger charge is 2.21. The maximum Gasteiger partial charge on any atom is 0.187 e. The number of nitrogens with one attached hydrogen (secondary N) is 2. The first kappa shape index (κ1) is 15.5. The minimum atomic E-state index is 0.448. The van der Waals surface area contributed by atoms with Crippen molar-refractivity contribution in [3.8, 4) is 6.07 Å². The molecule has 0 aliphatic heterocycles. The molecule has 0 spiro atoms. The van der Waals surface area contributed by atoms with Crippen molar-refractivity contribution in [3.05, 3.63) is 35.4 Å². The second kappa shape index (κ2) is 7.75. The summed E-state index contributed by atoms with van der Waals surface area (Å²) in [6, 6.07) is 9.77. The lowest BCUT2D eigenvalue weighted by molar-refractivity contribution is 0.308. The Kier molecular flexibility index (Phi) is 5.70. The molecule has 5 heteroatoms. The molecule has 0 bridgehead atoms. The molecule has 2 rings (SSSR count). The zero-order valence-electron chi connectivity index (χ0n) is 12.2. The van der Waals surface area contributed by atoms with Crippen LogP contribution >= 0.6 is 12.2 Å². The van der Waals surface area contributed by atoms with Crippen molar-refractivity contribution in [2.45, 2.75) is 38.6 Å². The summed E-state index contributed by atoms with van der Waals surface area (Å²) in [5.41, 5.74) is 4.42. The largest absolute Gasteiger partial charge is 0.358 e. The van der Waals surface area contributed by atoms with Gasteiger partial charge in [-0.2, -0.15) is 10.4 Å². The van der Waals surface area contributed by atoms with Crippen molar-refractivity contribution in [1.82, 2.24) is 10.7 Å². The van der Waals surface area contributed by atoms with Gasteiger partial charge < -0.3 is 5.32 Å². The first-order valence-corrected chi connectivity index (χ1v) is 7.69. The molecule has 4 nitrogen and oxygen atoms in total. The lowest BCUT2D eigenvalue weighted by Gasteiger charge is -2.30. The summed E-state index contributed by atoms with van der Waals surface area (Å²) in [5.74, 6) is 0.654. The average Bonchev–Trinajstić information content (AvgIpc) is 2.50. The number of hydrogen-bond donors (Lipinski definition) is 2. The second-order valence-electron chi connectivity index (χ2n) is 5.45. The van der Waals surface area contributed by atoms with Crippen molar-refractivity contribution in [2.75, 3.05) is 0 Å². The molecule has 0 amide bonds. The van der Waals surface area contributed by atoms with Crippen LogP contribution in [0, 0.1) is 17.2 Å². The molecule has 0 saturated heterocycles. The monoisotopic (exact) mass is 300 g/mol. The van der Waals surface area contributed by atoms with Crippen LogP contribution in [0.25, 0.3) is 0 Å². The smallest absolute Gasteiger partial charge is 0.187 e. The molecule has 1 aromatic rings. The first-order chi connectivity index (χ1) is 10.2. The van der Waals surface area contributed by atoms with E-state index >= 15 is 0 Å². The van der Waals surface area contributed by atoms with Gasteiger partial charge >= 0.3 is 0 Å². The molecular formula is C16H20N4S. The predicted molar refractivity (Wildman–Crippen MR) is 89.0 cm³/mol. The van der Waals surface area contributed by atoms with Crippen LogP contribution < -0.4 is 10.7 Å². The van der Waals surface area contributed by atoms with Gasteiger partial charge in [0, 0.05) is 6.04 Å². The summed E-state index contributed by atoms with van der Waals surface area (Å²) in [7, 11) is 0. The second-order valence-corrected chi connectivity index (χ2v) is 5.85. The molecule has 110 valence electrons. The molecular weight excluding hydrogens is 280 g/mol. The van der Waals surface area contributed by atoms with Gasteiger partial charge in [0.15, 0.2) is 5.11 Å². The van der Waals surface area contributed by atoms with E-state index in [9.17, 15) is 0 Å². The summed E-state index contributed by atoms with van der Waals surface area (Å²) in [6.45, 7) is 2.26. The molecule has 0 heterocycles. The van der Waals surface area contributed by atoms with Crippen LogP contribution in [0.15, 0.2) is 29.4 Å². The van der Waals surface area contributed by atoms with E-state index < -0.39 is 0 Å². The van der Waals surface area contributed by atoms with E-state index in [1.165, 1.54) is 25.7 Å². The Bertz CT molecular complexity index is 544. The van der Waals surface area contributed by atoms with Gasteiger partial charge in [-0.3, -0.25) is 5.43 Å². The van der Waals surface area contributed by atoms with E-state index in [0.717, 1.165) is 5.56 Å². The number of hydrogen-bond acceptors (Lipinski definition) is 3. The quantitative estimate of drug-likeness (QED) is 0.512. The van der Waals surface area contributed by atoms with E-state index in [1.807, 2.05) is 12.1 Å². The lowest BCUT2D eigenvalue weighted by atomic mass is 9.86. The molecule has 2 atom stereocenters. The van der Waals surface area contributed by atoms with Crippen LogP contribution in [0.5, 0.6) is 0 Å². The van der Waals surface area contributed by atoms with Crippen LogP contribution in [-0.4, -0.2) is 17.4 Å². The van der Waals surface area contributed by atoms with Gasteiger partial charge in [-0.15, -0.1) is 0 Å². The maximum atomic E-state index is 8.73. The number of thiocarbonyl (C=S) groups is 1. The van der Waals surface area contributed by atoms with Crippen LogP contribution in [-0.2, 0) is 0 Å². The van der Waals surface area contributed by atoms with Gasteiger partial charge in [0.1, 0.15) is 0 Å². The zero-order valence-corrected chi connectivity index (χ0v) is 13.0. The Morgan fingerprint density at radius 3 is 2.71 bits per heavy atom. The van der Waals surface area contributed by atoms with Crippen molar-refractivity contribution in [2.24, 2.45) is 11.0 Å². The van der Waals surface area contributed by atoms with Gasteiger partial charge in [0.25, 0.3) is 0 Å². The molecule has 0 unspecified atom stereocenters. The highest BCUT2D eigenvalue weighted by Crippen LogP contribution is 2.23. The Morgan fingerprint density at radius 1 is 1.33 bits per heavy atom. The van der Waals surface area contributed by atoms with E-state index in [2.05, 4.69) is 28.8 Å². The molecule has 2 N–H and O–H groups in total. The summed E-state index contributed by atoms with van der Waals surface area (Å²) < 4.78 is 0. The zero-order chi connectivity index (χ0) is 15.1. The topological polar surface area (TPSA) is 60.2 Å². The Hall–Kier alpha value is -1.93. The van der Waals surface area contributed by atoms with Crippen molar-refractivity contribution in [1.29, 1.82) is 5.26 Å². The van der Waals surface area contributed by atoms with Crippen molar-refractivity contribution < 1.29 is 0 Å². The molecule has 1 fully saturated rings. The number of hydrazone groups is 1. The molecule has 0 aromatic heterocycles. The highest BCUT2D eigenvalue weighted by atomic mass is 32.1. The van der Waals surface area contributed by atoms with Crippen LogP contribution in [0.1, 0.15) is 43.7 Å². The predicted octanol–water partition coefficient (Wildman–Crippen LogP) is 2.93. The molecule has 1 aliphatic rings. The van der Waals surface area contributed by atoms with E-state index in [4.69, 9.17) is 17.5 Å². The van der Waals surface area contributed by atoms with Crippen molar-refractivity contribution in [3.63, 3.8) is 0 Å². The molecule has 21 heavy (non-hydrogen) atoms. The Labute approximate surface area is 131 Å². The summed E-state index contributed by atoms with van der Waals surface area (Å²) in [5, 5.41) is 16.8. The third-order valence-corrected chi connectivity index (χ3v) is 4.06. The number of benzene rings is 1. The Balaban J connectivity index is 1.80. The van der Waals surface area contributed by atoms with Crippen LogP contribution in [0.2, 0.25) is 0 Å². The third-order valence-electron chi connectivity index (χ3n) is 3.85. The van der Waals surface area contributed by atoms with E-state index in [0.29, 0.717) is 22.6 Å². The molecule has 0 radical (unpaired) electrons. The van der Waals surface area contributed by atoms with Gasteiger partial charge in [0.05, 0.1) is 17.8 Å². The first-order valence-electron chi connectivity index (χ1n) is 7.29. The number of nitrogens with zero attached hydrogens (tertiary/aromatic N) is 2. The minimum absolute atomic E-state index is 0.448. The van der Waals surface area contributed by atoms with Crippen molar-refractivity contribution >= 4 is 23.5 Å². The third kappa shape index (κ3) is 4.83. The number of nitriles is 1. The molecule has 1 aliphatic carbocycles. The lowest BCUT2D eigenvalue weighted by Crippen LogP contribution is -2.44. The maximum absolute atomic E-state index is 8.73. The van der Waals surface area contributed by atoms with E-state index in [1.54, 1.807) is 18.3 Å². The fourth-order valence-corrected chi connectivity index (χ4v) is 2.74. The van der Waals surface area contributed by atoms with Gasteiger partial charge in [-0.25, -0.2) is 0 Å². The van der Waals surface area contributed by atoms with E-state index in [-0.39, 0.29) is 0 Å². The minimum Gasteiger partial charge on any atom is -0.358 e. The molecule has 1 saturated carbocycles. The van der Waals surface area contributed by atoms with Crippen LogP contribution in [0.3, 0.4) is 0 Å². The van der Waals surface area contributed by atoms with Gasteiger partial charge in [0.2, 0.25) is 0 Å². The highest BCUT2D eigenvalue weighted by molar-refractivity contribution is 7.80. The van der Waals surface area contributed by atoms with Gasteiger partial charge in [-0.1, -0.05) is 31.9 Å². The summed E-state index contributed by atoms with van der Waals surface area (Å²) in [4.78, 5) is 0. The fraction of sp³-hybridized carbons (Fsp3) is 0.438. The standard InChI is InChI=1S/C16H20N4S/c1-12-4-2-3-5-15(12)19-16(21)20-18-11-14-8-6-13(10-17)7-9-14/h6-9,11-12,15H,2-5H2,1H3,(H2,19,20,21)/b18-11-/t12-,15+/m1/s1. The molecule has 1 aromatic carbocycles. The number of rotatable bonds is 3. The van der Waals surface area contributed by atoms with Crippen LogP contribution in [0.4, 0.5) is 0 Å². The normalized spacial score (nSPS) is 21.7.